The van der Waals surface area contributed by atoms with Gasteiger partial charge in [-0.05, 0) is 42.2 Å². The van der Waals surface area contributed by atoms with Crippen LogP contribution in [0, 0.1) is 0 Å². The number of aryl methyl sites for hydroxylation is 2. The highest BCUT2D eigenvalue weighted by Gasteiger charge is 2.18. The first-order valence-corrected chi connectivity index (χ1v) is 7.61. The van der Waals surface area contributed by atoms with Crippen LogP contribution in [0.5, 0.6) is 23.0 Å². The Hall–Kier alpha value is -3.22. The zero-order valence-corrected chi connectivity index (χ0v) is 13.3. The predicted molar refractivity (Wildman–Crippen MR) is 87.8 cm³/mol. The van der Waals surface area contributed by atoms with Crippen molar-refractivity contribution in [1.29, 1.82) is 0 Å². The van der Waals surface area contributed by atoms with Gasteiger partial charge in [-0.1, -0.05) is 18.2 Å². The number of esters is 1. The molecular formula is C18H18O7. The molecule has 0 saturated heterocycles. The third-order valence-corrected chi connectivity index (χ3v) is 3.57. The summed E-state index contributed by atoms with van der Waals surface area (Å²) in [6.45, 7) is 0. The fraction of sp³-hybridized carbons (Fsp3) is 0.222. The van der Waals surface area contributed by atoms with Crippen molar-refractivity contribution in [3.05, 3.63) is 47.5 Å². The van der Waals surface area contributed by atoms with Gasteiger partial charge in [0.15, 0.2) is 11.5 Å². The van der Waals surface area contributed by atoms with Gasteiger partial charge in [-0.2, -0.15) is 0 Å². The number of ether oxygens (including phenoxy) is 1. The van der Waals surface area contributed by atoms with Gasteiger partial charge in [0.25, 0.3) is 0 Å². The van der Waals surface area contributed by atoms with Crippen LogP contribution in [0.25, 0.3) is 0 Å². The highest BCUT2D eigenvalue weighted by Crippen LogP contribution is 2.39. The van der Waals surface area contributed by atoms with Crippen molar-refractivity contribution in [3.8, 4) is 23.0 Å². The second-order valence-corrected chi connectivity index (χ2v) is 5.46. The Morgan fingerprint density at radius 3 is 2.20 bits per heavy atom. The lowest BCUT2D eigenvalue weighted by Gasteiger charge is -2.12. The Kier molecular flexibility index (Phi) is 5.84. The molecule has 0 saturated carbocycles. The summed E-state index contributed by atoms with van der Waals surface area (Å²) in [5.74, 6) is -2.82. The SMILES string of the molecule is O=C(O)CCc1ccc(O)c(O)c1OC(=O)CCc1ccc(O)cc1. The summed E-state index contributed by atoms with van der Waals surface area (Å²) in [5, 5.41) is 37.5. The first-order chi connectivity index (χ1) is 11.9. The number of carboxylic acid groups (broad SMARTS) is 1. The third-order valence-electron chi connectivity index (χ3n) is 3.57. The number of carbonyl (C=O) groups is 2. The molecule has 0 heterocycles. The molecular weight excluding hydrogens is 328 g/mol. The molecule has 0 spiro atoms. The van der Waals surface area contributed by atoms with Crippen molar-refractivity contribution in [2.24, 2.45) is 0 Å². The van der Waals surface area contributed by atoms with Gasteiger partial charge in [-0.3, -0.25) is 9.59 Å². The van der Waals surface area contributed by atoms with E-state index in [1.807, 2.05) is 0 Å². The van der Waals surface area contributed by atoms with E-state index in [2.05, 4.69) is 0 Å². The molecule has 0 bridgehead atoms. The lowest BCUT2D eigenvalue weighted by Crippen LogP contribution is -2.11. The molecule has 4 N–H and O–H groups in total. The zero-order chi connectivity index (χ0) is 18.4. The van der Waals surface area contributed by atoms with E-state index in [-0.39, 0.29) is 30.8 Å². The van der Waals surface area contributed by atoms with E-state index >= 15 is 0 Å². The van der Waals surface area contributed by atoms with E-state index < -0.39 is 23.4 Å². The molecule has 7 heteroatoms. The molecule has 0 aromatic heterocycles. The van der Waals surface area contributed by atoms with Gasteiger partial charge in [-0.15, -0.1) is 0 Å². The van der Waals surface area contributed by atoms with Crippen LogP contribution in [0.3, 0.4) is 0 Å². The maximum absolute atomic E-state index is 12.0. The second kappa shape index (κ2) is 8.05. The Bertz CT molecular complexity index is 766. The molecule has 132 valence electrons. The monoisotopic (exact) mass is 346 g/mol. The summed E-state index contributed by atoms with van der Waals surface area (Å²) < 4.78 is 5.14. The molecule has 25 heavy (non-hydrogen) atoms. The largest absolute Gasteiger partial charge is 0.508 e. The van der Waals surface area contributed by atoms with E-state index in [1.165, 1.54) is 24.3 Å². The molecule has 0 radical (unpaired) electrons. The van der Waals surface area contributed by atoms with E-state index in [4.69, 9.17) is 9.84 Å². The van der Waals surface area contributed by atoms with Crippen molar-refractivity contribution in [3.63, 3.8) is 0 Å². The van der Waals surface area contributed by atoms with Crippen molar-refractivity contribution >= 4 is 11.9 Å². The van der Waals surface area contributed by atoms with Crippen LogP contribution in [0.2, 0.25) is 0 Å². The van der Waals surface area contributed by atoms with Gasteiger partial charge in [0, 0.05) is 12.8 Å². The van der Waals surface area contributed by atoms with Crippen LogP contribution in [0.4, 0.5) is 0 Å². The fourth-order valence-electron chi connectivity index (χ4n) is 2.23. The van der Waals surface area contributed by atoms with Gasteiger partial charge >= 0.3 is 11.9 Å². The van der Waals surface area contributed by atoms with E-state index in [9.17, 15) is 24.9 Å². The van der Waals surface area contributed by atoms with Gasteiger partial charge in [0.05, 0.1) is 0 Å². The molecule has 0 amide bonds. The minimum atomic E-state index is -1.03. The quantitative estimate of drug-likeness (QED) is 0.344. The maximum atomic E-state index is 12.0. The van der Waals surface area contributed by atoms with Crippen LogP contribution in [0.15, 0.2) is 36.4 Å². The third kappa shape index (κ3) is 5.13. The van der Waals surface area contributed by atoms with Crippen LogP contribution in [-0.4, -0.2) is 32.4 Å². The predicted octanol–water partition coefficient (Wildman–Crippen LogP) is 2.36. The van der Waals surface area contributed by atoms with Crippen molar-refractivity contribution in [2.45, 2.75) is 25.7 Å². The van der Waals surface area contributed by atoms with Gasteiger partial charge in [-0.25, -0.2) is 0 Å². The highest BCUT2D eigenvalue weighted by molar-refractivity contribution is 5.75. The maximum Gasteiger partial charge on any atom is 0.311 e. The summed E-state index contributed by atoms with van der Waals surface area (Å²) in [6.07, 6.45) is 0.216. The van der Waals surface area contributed by atoms with Gasteiger partial charge in [0.1, 0.15) is 5.75 Å². The van der Waals surface area contributed by atoms with E-state index in [1.54, 1.807) is 12.1 Å². The van der Waals surface area contributed by atoms with Crippen molar-refractivity contribution in [1.82, 2.24) is 0 Å². The molecule has 0 fully saturated rings. The molecule has 0 aliphatic heterocycles. The van der Waals surface area contributed by atoms with Crippen LogP contribution >= 0.6 is 0 Å². The topological polar surface area (TPSA) is 124 Å². The average Bonchev–Trinajstić information content (AvgIpc) is 2.57. The summed E-state index contributed by atoms with van der Waals surface area (Å²) in [4.78, 5) is 22.7. The summed E-state index contributed by atoms with van der Waals surface area (Å²) >= 11 is 0. The minimum absolute atomic E-state index is 0.0121. The van der Waals surface area contributed by atoms with Crippen LogP contribution < -0.4 is 4.74 Å². The summed E-state index contributed by atoms with van der Waals surface area (Å²) in [5.41, 5.74) is 1.14. The number of carboxylic acids is 1. The van der Waals surface area contributed by atoms with Gasteiger partial charge < -0.3 is 25.2 Å². The Balaban J connectivity index is 2.06. The van der Waals surface area contributed by atoms with Crippen molar-refractivity contribution in [2.75, 3.05) is 0 Å². The number of carbonyl (C=O) groups excluding carboxylic acids is 1. The number of hydrogen-bond acceptors (Lipinski definition) is 6. The molecule has 2 rings (SSSR count). The number of phenols is 3. The lowest BCUT2D eigenvalue weighted by molar-refractivity contribution is -0.137. The number of hydrogen-bond donors (Lipinski definition) is 4. The summed E-state index contributed by atoms with van der Waals surface area (Å²) in [7, 11) is 0. The van der Waals surface area contributed by atoms with Gasteiger partial charge in [0.2, 0.25) is 5.75 Å². The Labute approximate surface area is 143 Å². The molecule has 0 aliphatic rings. The standard InChI is InChI=1S/C18H18O7/c19-13-6-1-11(2-7-13)3-10-16(23)25-18-12(5-9-15(21)22)4-8-14(20)17(18)24/h1-2,4,6-8,19-20,24H,3,5,9-10H2,(H,21,22). The van der Waals surface area contributed by atoms with Crippen LogP contribution in [-0.2, 0) is 22.4 Å². The second-order valence-electron chi connectivity index (χ2n) is 5.46. The Morgan fingerprint density at radius 1 is 0.880 bits per heavy atom. The smallest absolute Gasteiger partial charge is 0.311 e. The zero-order valence-electron chi connectivity index (χ0n) is 13.3. The molecule has 7 nitrogen and oxygen atoms in total. The fourth-order valence-corrected chi connectivity index (χ4v) is 2.23. The molecule has 0 unspecified atom stereocenters. The van der Waals surface area contributed by atoms with Crippen molar-refractivity contribution < 1.29 is 34.8 Å². The number of aromatic hydroxyl groups is 3. The molecule has 2 aromatic carbocycles. The van der Waals surface area contributed by atoms with E-state index in [0.717, 1.165) is 5.56 Å². The molecule has 0 atom stereocenters. The van der Waals surface area contributed by atoms with E-state index in [0.29, 0.717) is 12.0 Å². The first kappa shape index (κ1) is 18.1. The number of aliphatic carboxylic acids is 1. The lowest BCUT2D eigenvalue weighted by atomic mass is 10.1. The average molecular weight is 346 g/mol. The number of rotatable bonds is 7. The highest BCUT2D eigenvalue weighted by atomic mass is 16.5. The number of phenolic OH excluding ortho intramolecular Hbond substituents is 3. The minimum Gasteiger partial charge on any atom is -0.508 e. The first-order valence-electron chi connectivity index (χ1n) is 7.61. The molecule has 0 aliphatic carbocycles. The number of benzene rings is 2. The van der Waals surface area contributed by atoms with Crippen LogP contribution in [0.1, 0.15) is 24.0 Å². The summed E-state index contributed by atoms with van der Waals surface area (Å²) in [6, 6.07) is 8.97. The molecule has 2 aromatic rings. The Morgan fingerprint density at radius 2 is 1.56 bits per heavy atom. The normalized spacial score (nSPS) is 10.4.